The van der Waals surface area contributed by atoms with Gasteiger partial charge in [-0.15, -0.1) is 0 Å². The second-order valence-electron chi connectivity index (χ2n) is 5.62. The Morgan fingerprint density at radius 1 is 1.33 bits per heavy atom. The van der Waals surface area contributed by atoms with Crippen molar-refractivity contribution in [2.45, 2.75) is 32.2 Å². The molecule has 0 saturated carbocycles. The molecule has 1 N–H and O–H groups in total. The summed E-state index contributed by atoms with van der Waals surface area (Å²) < 4.78 is 5.27. The van der Waals surface area contributed by atoms with E-state index in [1.54, 1.807) is 0 Å². The lowest BCUT2D eigenvalue weighted by molar-refractivity contribution is -0.100. The molecular formula is C12H24N2O. The molecule has 2 heterocycles. The van der Waals surface area contributed by atoms with Crippen molar-refractivity contribution in [1.82, 2.24) is 10.2 Å². The summed E-state index contributed by atoms with van der Waals surface area (Å²) in [6.45, 7) is 7.82. The summed E-state index contributed by atoms with van der Waals surface area (Å²) in [7, 11) is 2.23. The molecule has 0 aromatic rings. The second-order valence-corrected chi connectivity index (χ2v) is 5.62. The van der Waals surface area contributed by atoms with Gasteiger partial charge in [-0.05, 0) is 39.4 Å². The first-order chi connectivity index (χ1) is 7.18. The molecule has 0 aliphatic carbocycles. The Morgan fingerprint density at radius 3 is 2.80 bits per heavy atom. The molecule has 2 rings (SSSR count). The molecule has 0 amide bonds. The molecule has 0 spiro atoms. The quantitative estimate of drug-likeness (QED) is 0.758. The number of likely N-dealkylation sites (tertiary alicyclic amines) is 1. The first kappa shape index (κ1) is 11.4. The summed E-state index contributed by atoms with van der Waals surface area (Å²) in [5.74, 6) is 0. The molecule has 0 aromatic carbocycles. The summed E-state index contributed by atoms with van der Waals surface area (Å²) in [4.78, 5) is 2.44. The lowest BCUT2D eigenvalue weighted by atomic mass is 9.88. The highest BCUT2D eigenvalue weighted by Crippen LogP contribution is 2.25. The molecular weight excluding hydrogens is 188 g/mol. The van der Waals surface area contributed by atoms with E-state index in [9.17, 15) is 0 Å². The number of nitrogens with one attached hydrogen (secondary N) is 1. The van der Waals surface area contributed by atoms with Crippen LogP contribution in [0.25, 0.3) is 0 Å². The molecule has 2 saturated heterocycles. The van der Waals surface area contributed by atoms with Crippen molar-refractivity contribution in [2.24, 2.45) is 5.41 Å². The minimum Gasteiger partial charge on any atom is -0.380 e. The SMILES string of the molecule is CN1CCCC(NCC2(C)COC2)CC1. The molecule has 2 fully saturated rings. The summed E-state index contributed by atoms with van der Waals surface area (Å²) in [6.07, 6.45) is 3.97. The van der Waals surface area contributed by atoms with Gasteiger partial charge < -0.3 is 15.0 Å². The van der Waals surface area contributed by atoms with E-state index in [1.807, 2.05) is 0 Å². The third kappa shape index (κ3) is 3.16. The van der Waals surface area contributed by atoms with Crippen LogP contribution in [0.5, 0.6) is 0 Å². The van der Waals surface area contributed by atoms with E-state index in [0.29, 0.717) is 5.41 Å². The standard InChI is InChI=1S/C12H24N2O/c1-12(9-15-10-12)8-13-11-4-3-6-14(2)7-5-11/h11,13H,3-10H2,1-2H3. The van der Waals surface area contributed by atoms with Crippen LogP contribution < -0.4 is 5.32 Å². The van der Waals surface area contributed by atoms with Gasteiger partial charge in [0.25, 0.3) is 0 Å². The lowest BCUT2D eigenvalue weighted by Crippen LogP contribution is -2.49. The third-order valence-electron chi connectivity index (χ3n) is 3.67. The van der Waals surface area contributed by atoms with E-state index >= 15 is 0 Å². The second kappa shape index (κ2) is 4.81. The number of hydrogen-bond acceptors (Lipinski definition) is 3. The van der Waals surface area contributed by atoms with Crippen LogP contribution in [0.3, 0.4) is 0 Å². The van der Waals surface area contributed by atoms with Crippen LogP contribution in [0, 0.1) is 5.41 Å². The fourth-order valence-corrected chi connectivity index (χ4v) is 2.39. The molecule has 15 heavy (non-hydrogen) atoms. The zero-order valence-electron chi connectivity index (χ0n) is 10.1. The van der Waals surface area contributed by atoms with Crippen molar-refractivity contribution < 1.29 is 4.74 Å². The molecule has 3 nitrogen and oxygen atoms in total. The van der Waals surface area contributed by atoms with Crippen LogP contribution in [-0.2, 0) is 4.74 Å². The van der Waals surface area contributed by atoms with E-state index in [0.717, 1.165) is 25.8 Å². The molecule has 0 radical (unpaired) electrons. The van der Waals surface area contributed by atoms with Crippen molar-refractivity contribution >= 4 is 0 Å². The number of rotatable bonds is 3. The maximum absolute atomic E-state index is 5.27. The van der Waals surface area contributed by atoms with Gasteiger partial charge in [-0.25, -0.2) is 0 Å². The first-order valence-electron chi connectivity index (χ1n) is 6.18. The normalized spacial score (nSPS) is 32.0. The third-order valence-corrected chi connectivity index (χ3v) is 3.67. The summed E-state index contributed by atoms with van der Waals surface area (Å²) in [5.41, 5.74) is 0.415. The molecule has 0 aromatic heterocycles. The summed E-state index contributed by atoms with van der Waals surface area (Å²) >= 11 is 0. The predicted molar refractivity (Wildman–Crippen MR) is 62.1 cm³/mol. The van der Waals surface area contributed by atoms with Gasteiger partial charge in [0.2, 0.25) is 0 Å². The number of hydrogen-bond donors (Lipinski definition) is 1. The van der Waals surface area contributed by atoms with Crippen molar-refractivity contribution in [1.29, 1.82) is 0 Å². The molecule has 88 valence electrons. The van der Waals surface area contributed by atoms with Crippen LogP contribution in [0.4, 0.5) is 0 Å². The Kier molecular flexibility index (Phi) is 3.65. The molecule has 3 heteroatoms. The van der Waals surface area contributed by atoms with Crippen molar-refractivity contribution in [3.63, 3.8) is 0 Å². The average molecular weight is 212 g/mol. The van der Waals surface area contributed by atoms with Gasteiger partial charge in [-0.3, -0.25) is 0 Å². The van der Waals surface area contributed by atoms with Gasteiger partial charge in [0.15, 0.2) is 0 Å². The summed E-state index contributed by atoms with van der Waals surface area (Å²) in [5, 5.41) is 3.72. The first-order valence-corrected chi connectivity index (χ1v) is 6.18. The highest BCUT2D eigenvalue weighted by atomic mass is 16.5. The number of nitrogens with zero attached hydrogens (tertiary/aromatic N) is 1. The summed E-state index contributed by atoms with van der Waals surface area (Å²) in [6, 6.07) is 0.729. The van der Waals surface area contributed by atoms with Gasteiger partial charge in [-0.1, -0.05) is 6.92 Å². The predicted octanol–water partition coefficient (Wildman–Crippen LogP) is 1.10. The maximum Gasteiger partial charge on any atom is 0.0554 e. The van der Waals surface area contributed by atoms with E-state index in [2.05, 4.69) is 24.2 Å². The zero-order valence-corrected chi connectivity index (χ0v) is 10.1. The highest BCUT2D eigenvalue weighted by Gasteiger charge is 2.33. The lowest BCUT2D eigenvalue weighted by Gasteiger charge is -2.39. The van der Waals surface area contributed by atoms with E-state index in [1.165, 1.54) is 32.4 Å². The fraction of sp³-hybridized carbons (Fsp3) is 1.00. The van der Waals surface area contributed by atoms with Crippen molar-refractivity contribution in [3.8, 4) is 0 Å². The zero-order chi connectivity index (χ0) is 10.7. The van der Waals surface area contributed by atoms with Crippen LogP contribution in [0.15, 0.2) is 0 Å². The minimum absolute atomic E-state index is 0.415. The topological polar surface area (TPSA) is 24.5 Å². The van der Waals surface area contributed by atoms with E-state index in [-0.39, 0.29) is 0 Å². The van der Waals surface area contributed by atoms with Crippen molar-refractivity contribution in [2.75, 3.05) is 39.9 Å². The van der Waals surface area contributed by atoms with Gasteiger partial charge in [-0.2, -0.15) is 0 Å². The molecule has 2 aliphatic heterocycles. The Morgan fingerprint density at radius 2 is 2.13 bits per heavy atom. The average Bonchev–Trinajstić information content (AvgIpc) is 2.37. The van der Waals surface area contributed by atoms with Crippen LogP contribution in [0.1, 0.15) is 26.2 Å². The Balaban J connectivity index is 1.69. The van der Waals surface area contributed by atoms with Crippen LogP contribution in [-0.4, -0.2) is 50.8 Å². The van der Waals surface area contributed by atoms with Crippen LogP contribution >= 0.6 is 0 Å². The Hall–Kier alpha value is -0.120. The molecule has 2 aliphatic rings. The van der Waals surface area contributed by atoms with Gasteiger partial charge in [0.1, 0.15) is 0 Å². The monoisotopic (exact) mass is 212 g/mol. The van der Waals surface area contributed by atoms with Crippen molar-refractivity contribution in [3.05, 3.63) is 0 Å². The maximum atomic E-state index is 5.27. The largest absolute Gasteiger partial charge is 0.380 e. The molecule has 1 unspecified atom stereocenters. The fourth-order valence-electron chi connectivity index (χ4n) is 2.39. The van der Waals surface area contributed by atoms with Gasteiger partial charge >= 0.3 is 0 Å². The Bertz CT molecular complexity index is 204. The minimum atomic E-state index is 0.415. The van der Waals surface area contributed by atoms with Gasteiger partial charge in [0, 0.05) is 18.0 Å². The van der Waals surface area contributed by atoms with Gasteiger partial charge in [0.05, 0.1) is 13.2 Å². The molecule has 0 bridgehead atoms. The highest BCUT2D eigenvalue weighted by molar-refractivity contribution is 4.85. The van der Waals surface area contributed by atoms with E-state index in [4.69, 9.17) is 4.74 Å². The molecule has 1 atom stereocenters. The van der Waals surface area contributed by atoms with E-state index < -0.39 is 0 Å². The Labute approximate surface area is 93.2 Å². The smallest absolute Gasteiger partial charge is 0.0554 e. The van der Waals surface area contributed by atoms with Crippen LogP contribution in [0.2, 0.25) is 0 Å². The number of ether oxygens (including phenoxy) is 1.